The summed E-state index contributed by atoms with van der Waals surface area (Å²) in [5, 5.41) is 10.2. The standard InChI is InChI=1S/C40H23N3O/c1-2-13-25(14-3-1)37-27-16-6-9-19-31(27)41-40(42-37)43-32-20-10-7-17-28(32)34-30-23-22-24-12-4-5-15-26(24)35(30)39-36(38(34)43)29-18-8-11-21-33(29)44-39/h1-23H. The number of aromatic nitrogens is 3. The quantitative estimate of drug-likeness (QED) is 0.197. The van der Waals surface area contributed by atoms with E-state index in [1.807, 2.05) is 18.2 Å². The molecule has 3 heterocycles. The molecule has 4 nitrogen and oxygen atoms in total. The van der Waals surface area contributed by atoms with Crippen molar-refractivity contribution >= 4 is 76.2 Å². The summed E-state index contributed by atoms with van der Waals surface area (Å²) in [4.78, 5) is 10.6. The number of furan rings is 1. The fraction of sp³-hybridized carbons (Fsp3) is 0. The summed E-state index contributed by atoms with van der Waals surface area (Å²) >= 11 is 0. The molecule has 0 saturated heterocycles. The molecule has 0 unspecified atom stereocenters. The van der Waals surface area contributed by atoms with Crippen LogP contribution in [0.3, 0.4) is 0 Å². The fourth-order valence-corrected chi connectivity index (χ4v) is 7.12. The zero-order valence-electron chi connectivity index (χ0n) is 23.5. The van der Waals surface area contributed by atoms with Gasteiger partial charge in [-0.3, -0.25) is 4.57 Å². The molecule has 0 aliphatic carbocycles. The second-order valence-electron chi connectivity index (χ2n) is 11.3. The molecule has 10 aromatic rings. The lowest BCUT2D eigenvalue weighted by Crippen LogP contribution is -2.03. The third-order valence-corrected chi connectivity index (χ3v) is 8.97. The van der Waals surface area contributed by atoms with E-state index < -0.39 is 0 Å². The Morgan fingerprint density at radius 3 is 2.07 bits per heavy atom. The molecule has 0 amide bonds. The molecule has 10 rings (SSSR count). The minimum atomic E-state index is 0.639. The third kappa shape index (κ3) is 3.11. The molecule has 0 saturated carbocycles. The molecule has 0 aliphatic rings. The van der Waals surface area contributed by atoms with E-state index in [1.165, 1.54) is 16.2 Å². The van der Waals surface area contributed by atoms with Crippen LogP contribution in [0.2, 0.25) is 0 Å². The van der Waals surface area contributed by atoms with Crippen LogP contribution in [0.4, 0.5) is 0 Å². The maximum atomic E-state index is 6.78. The van der Waals surface area contributed by atoms with Crippen molar-refractivity contribution in [3.63, 3.8) is 0 Å². The minimum absolute atomic E-state index is 0.639. The SMILES string of the molecule is c1ccc(-c2nc(-n3c4ccccc4c4c5ccc6ccccc6c5c5oc6ccccc6c5c43)nc3ccccc23)cc1. The molecule has 0 N–H and O–H groups in total. The molecule has 3 aromatic heterocycles. The van der Waals surface area contributed by atoms with Gasteiger partial charge in [-0.25, -0.2) is 9.97 Å². The summed E-state index contributed by atoms with van der Waals surface area (Å²) in [5.74, 6) is 0.639. The highest BCUT2D eigenvalue weighted by atomic mass is 16.3. The third-order valence-electron chi connectivity index (χ3n) is 8.97. The molecular weight excluding hydrogens is 538 g/mol. The molecule has 0 bridgehead atoms. The molecule has 4 heteroatoms. The molecule has 44 heavy (non-hydrogen) atoms. The zero-order chi connectivity index (χ0) is 28.8. The highest BCUT2D eigenvalue weighted by Gasteiger charge is 2.25. The largest absolute Gasteiger partial charge is 0.455 e. The molecular formula is C40H23N3O. The van der Waals surface area contributed by atoms with E-state index in [0.717, 1.165) is 71.3 Å². The minimum Gasteiger partial charge on any atom is -0.455 e. The second kappa shape index (κ2) is 8.76. The Hall–Kier alpha value is -6.00. The number of hydrogen-bond donors (Lipinski definition) is 0. The van der Waals surface area contributed by atoms with Crippen molar-refractivity contribution in [2.75, 3.05) is 0 Å². The van der Waals surface area contributed by atoms with E-state index in [-0.39, 0.29) is 0 Å². The number of nitrogens with zero attached hydrogens (tertiary/aromatic N) is 3. The van der Waals surface area contributed by atoms with Crippen LogP contribution < -0.4 is 0 Å². The van der Waals surface area contributed by atoms with E-state index in [9.17, 15) is 0 Å². The Labute approximate surface area is 251 Å². The first-order valence-corrected chi connectivity index (χ1v) is 14.9. The van der Waals surface area contributed by atoms with Gasteiger partial charge < -0.3 is 4.42 Å². The van der Waals surface area contributed by atoms with Gasteiger partial charge in [-0.05, 0) is 34.4 Å². The van der Waals surface area contributed by atoms with Crippen LogP contribution in [0.5, 0.6) is 0 Å². The number of rotatable bonds is 2. The number of hydrogen-bond acceptors (Lipinski definition) is 3. The Bertz CT molecular complexity index is 2770. The highest BCUT2D eigenvalue weighted by Crippen LogP contribution is 2.47. The van der Waals surface area contributed by atoms with Gasteiger partial charge in [0, 0.05) is 32.5 Å². The van der Waals surface area contributed by atoms with Crippen LogP contribution in [-0.2, 0) is 0 Å². The van der Waals surface area contributed by atoms with E-state index >= 15 is 0 Å². The molecule has 0 aliphatic heterocycles. The van der Waals surface area contributed by atoms with Crippen molar-refractivity contribution in [2.45, 2.75) is 0 Å². The summed E-state index contributed by atoms with van der Waals surface area (Å²) in [7, 11) is 0. The molecule has 0 atom stereocenters. The molecule has 204 valence electrons. The molecule has 0 radical (unpaired) electrons. The van der Waals surface area contributed by atoms with Gasteiger partial charge in [0.05, 0.1) is 27.6 Å². The number of benzene rings is 7. The van der Waals surface area contributed by atoms with Crippen molar-refractivity contribution in [3.05, 3.63) is 140 Å². The first-order chi connectivity index (χ1) is 21.8. The lowest BCUT2D eigenvalue weighted by molar-refractivity contribution is 0.673. The Morgan fingerprint density at radius 2 is 1.18 bits per heavy atom. The zero-order valence-corrected chi connectivity index (χ0v) is 23.5. The summed E-state index contributed by atoms with van der Waals surface area (Å²) in [6.45, 7) is 0. The maximum Gasteiger partial charge on any atom is 0.235 e. The van der Waals surface area contributed by atoms with Gasteiger partial charge in [0.25, 0.3) is 0 Å². The summed E-state index contributed by atoms with van der Waals surface area (Å²) in [6, 6.07) is 48.7. The smallest absolute Gasteiger partial charge is 0.235 e. The van der Waals surface area contributed by atoms with Crippen LogP contribution in [0.25, 0.3) is 93.4 Å². The van der Waals surface area contributed by atoms with Gasteiger partial charge >= 0.3 is 0 Å². The highest BCUT2D eigenvalue weighted by molar-refractivity contribution is 6.38. The Kier molecular flexibility index (Phi) is 4.69. The van der Waals surface area contributed by atoms with Crippen LogP contribution in [0.15, 0.2) is 144 Å². The lowest BCUT2D eigenvalue weighted by Gasteiger charge is -2.13. The first-order valence-electron chi connectivity index (χ1n) is 14.9. The number of fused-ring (bicyclic) bond motifs is 13. The predicted octanol–water partition coefficient (Wildman–Crippen LogP) is 10.6. The maximum absolute atomic E-state index is 6.78. The molecule has 0 spiro atoms. The van der Waals surface area contributed by atoms with E-state index in [4.69, 9.17) is 14.4 Å². The van der Waals surface area contributed by atoms with Gasteiger partial charge in [0.2, 0.25) is 5.95 Å². The number of para-hydroxylation sites is 3. The second-order valence-corrected chi connectivity index (χ2v) is 11.3. The van der Waals surface area contributed by atoms with Crippen LogP contribution in [0.1, 0.15) is 0 Å². The topological polar surface area (TPSA) is 43.9 Å². The molecule has 7 aromatic carbocycles. The van der Waals surface area contributed by atoms with Crippen molar-refractivity contribution in [3.8, 4) is 17.2 Å². The monoisotopic (exact) mass is 561 g/mol. The van der Waals surface area contributed by atoms with Gasteiger partial charge in [-0.15, -0.1) is 0 Å². The van der Waals surface area contributed by atoms with Crippen molar-refractivity contribution < 1.29 is 4.42 Å². The molecule has 0 fully saturated rings. The van der Waals surface area contributed by atoms with Crippen LogP contribution in [-0.4, -0.2) is 14.5 Å². The van der Waals surface area contributed by atoms with Crippen molar-refractivity contribution in [1.82, 2.24) is 14.5 Å². The van der Waals surface area contributed by atoms with Gasteiger partial charge in [0.15, 0.2) is 0 Å². The van der Waals surface area contributed by atoms with E-state index in [0.29, 0.717) is 5.95 Å². The predicted molar refractivity (Wildman–Crippen MR) is 182 cm³/mol. The Balaban J connectivity index is 1.48. The Morgan fingerprint density at radius 1 is 0.477 bits per heavy atom. The first kappa shape index (κ1) is 23.6. The average molecular weight is 562 g/mol. The van der Waals surface area contributed by atoms with Crippen molar-refractivity contribution in [2.24, 2.45) is 0 Å². The van der Waals surface area contributed by atoms with Gasteiger partial charge in [-0.2, -0.15) is 0 Å². The normalized spacial score (nSPS) is 12.1. The van der Waals surface area contributed by atoms with Crippen LogP contribution in [0, 0.1) is 0 Å². The van der Waals surface area contributed by atoms with Gasteiger partial charge in [-0.1, -0.05) is 121 Å². The fourth-order valence-electron chi connectivity index (χ4n) is 7.12. The van der Waals surface area contributed by atoms with Crippen LogP contribution >= 0.6 is 0 Å². The summed E-state index contributed by atoms with van der Waals surface area (Å²) in [6.07, 6.45) is 0. The summed E-state index contributed by atoms with van der Waals surface area (Å²) in [5.41, 5.74) is 6.75. The van der Waals surface area contributed by atoms with Crippen molar-refractivity contribution in [1.29, 1.82) is 0 Å². The lowest BCUT2D eigenvalue weighted by atomic mass is 9.95. The summed E-state index contributed by atoms with van der Waals surface area (Å²) < 4.78 is 9.03. The van der Waals surface area contributed by atoms with E-state index in [2.05, 4.69) is 126 Å². The van der Waals surface area contributed by atoms with E-state index in [1.54, 1.807) is 0 Å². The average Bonchev–Trinajstić information content (AvgIpc) is 3.64. The van der Waals surface area contributed by atoms with Gasteiger partial charge in [0.1, 0.15) is 11.2 Å².